The Kier molecular flexibility index (Phi) is 4.22. The maximum absolute atomic E-state index is 12.6. The van der Waals surface area contributed by atoms with Gasteiger partial charge in [0.05, 0.1) is 7.11 Å². The minimum Gasteiger partial charge on any atom is -0.508 e. The van der Waals surface area contributed by atoms with Gasteiger partial charge in [0.1, 0.15) is 28.2 Å². The molecule has 3 rings (SSSR count). The first-order valence-corrected chi connectivity index (χ1v) is 8.40. The lowest BCUT2D eigenvalue weighted by Crippen LogP contribution is -2.15. The molecule has 0 amide bonds. The summed E-state index contributed by atoms with van der Waals surface area (Å²) in [5, 5.41) is 19.0. The van der Waals surface area contributed by atoms with E-state index < -0.39 is 32.7 Å². The predicted molar refractivity (Wildman–Crippen MR) is 90.0 cm³/mol. The van der Waals surface area contributed by atoms with Crippen molar-refractivity contribution >= 4 is 21.4 Å². The van der Waals surface area contributed by atoms with Crippen LogP contribution in [-0.2, 0) is 10.4 Å². The number of ether oxygens (including phenoxy) is 1. The fraction of sp³-hybridized carbons (Fsp3) is 0.0625. The van der Waals surface area contributed by atoms with Crippen molar-refractivity contribution in [2.45, 2.75) is 0 Å². The predicted octanol–water partition coefficient (Wildman–Crippen LogP) is 2.06. The molecule has 3 N–H and O–H groups in total. The molecule has 0 unspecified atom stereocenters. The number of methoxy groups -OCH3 is 1. The van der Waals surface area contributed by atoms with Gasteiger partial charge in [-0.2, -0.15) is 8.42 Å². The number of rotatable bonds is 4. The van der Waals surface area contributed by atoms with Crippen molar-refractivity contribution in [1.82, 2.24) is 0 Å². The minimum absolute atomic E-state index is 0.207. The fourth-order valence-corrected chi connectivity index (χ4v) is 2.74. The molecule has 0 spiro atoms. The summed E-state index contributed by atoms with van der Waals surface area (Å²) in [7, 11) is -3.60. The van der Waals surface area contributed by atoms with Gasteiger partial charge < -0.3 is 23.6 Å². The second kappa shape index (κ2) is 6.24. The number of fused-ring (bicyclic) bond motifs is 1. The Morgan fingerprint density at radius 2 is 1.73 bits per heavy atom. The average Bonchev–Trinajstić information content (AvgIpc) is 2.55. The van der Waals surface area contributed by atoms with E-state index in [4.69, 9.17) is 13.7 Å². The highest BCUT2D eigenvalue weighted by Gasteiger charge is 2.24. The first-order chi connectivity index (χ1) is 12.2. The van der Waals surface area contributed by atoms with E-state index in [1.165, 1.54) is 31.4 Å². The summed E-state index contributed by atoms with van der Waals surface area (Å²) in [6, 6.07) is 7.92. The van der Waals surface area contributed by atoms with Crippen molar-refractivity contribution in [1.29, 1.82) is 0 Å². The third-order valence-electron chi connectivity index (χ3n) is 3.46. The van der Waals surface area contributed by atoms with Crippen molar-refractivity contribution < 1.29 is 36.5 Å². The van der Waals surface area contributed by atoms with Crippen molar-refractivity contribution in [2.24, 2.45) is 0 Å². The van der Waals surface area contributed by atoms with Crippen LogP contribution in [0.2, 0.25) is 0 Å². The van der Waals surface area contributed by atoms with Crippen molar-refractivity contribution in [2.75, 3.05) is 7.11 Å². The molecule has 0 radical (unpaired) electrons. The smallest absolute Gasteiger partial charge is 0.446 e. The van der Waals surface area contributed by atoms with Crippen LogP contribution in [0, 0.1) is 0 Å². The molecule has 0 fully saturated rings. The molecule has 0 bridgehead atoms. The lowest BCUT2D eigenvalue weighted by molar-refractivity contribution is 0.380. The third-order valence-corrected chi connectivity index (χ3v) is 3.84. The highest BCUT2D eigenvalue weighted by atomic mass is 32.3. The van der Waals surface area contributed by atoms with Crippen molar-refractivity contribution in [3.63, 3.8) is 0 Å². The molecule has 0 aliphatic heterocycles. The standard InChI is InChI=1S/C16H12O9S/c1-23-10-4-2-8(3-5-10)15-16(25-26(20,21)22)14(19)13-11(18)6-9(17)7-12(13)24-15/h2-7,17-18H,1H3,(H,20,21,22). The van der Waals surface area contributed by atoms with E-state index in [0.717, 1.165) is 12.1 Å². The van der Waals surface area contributed by atoms with Gasteiger partial charge in [-0.15, -0.1) is 0 Å². The Hall–Kier alpha value is -3.24. The van der Waals surface area contributed by atoms with Gasteiger partial charge in [-0.3, -0.25) is 9.35 Å². The lowest BCUT2D eigenvalue weighted by Gasteiger charge is -2.11. The summed E-state index contributed by atoms with van der Waals surface area (Å²) in [5.41, 5.74) is -1.03. The maximum atomic E-state index is 12.6. The van der Waals surface area contributed by atoms with E-state index in [1.54, 1.807) is 0 Å². The summed E-state index contributed by atoms with van der Waals surface area (Å²) in [6.07, 6.45) is 0. The molecule has 3 aromatic rings. The summed E-state index contributed by atoms with van der Waals surface area (Å²) >= 11 is 0. The number of phenolic OH excluding ortho intramolecular Hbond substituents is 2. The summed E-state index contributed by atoms with van der Waals surface area (Å²) in [5.74, 6) is -1.69. The zero-order chi connectivity index (χ0) is 19.1. The van der Waals surface area contributed by atoms with Gasteiger partial charge in [0, 0.05) is 17.7 Å². The Bertz CT molecular complexity index is 1150. The lowest BCUT2D eigenvalue weighted by atomic mass is 10.1. The van der Waals surface area contributed by atoms with Crippen LogP contribution in [-0.4, -0.2) is 30.3 Å². The molecular formula is C16H12O9S. The van der Waals surface area contributed by atoms with Crippen molar-refractivity contribution in [3.05, 3.63) is 46.6 Å². The summed E-state index contributed by atoms with van der Waals surface area (Å²) in [6.45, 7) is 0. The first-order valence-electron chi connectivity index (χ1n) is 7.03. The van der Waals surface area contributed by atoms with Crippen LogP contribution < -0.4 is 14.3 Å². The largest absolute Gasteiger partial charge is 0.508 e. The molecule has 9 nitrogen and oxygen atoms in total. The van der Waals surface area contributed by atoms with Crippen LogP contribution in [0.4, 0.5) is 0 Å². The molecule has 0 saturated heterocycles. The Morgan fingerprint density at radius 1 is 1.08 bits per heavy atom. The molecule has 136 valence electrons. The van der Waals surface area contributed by atoms with Crippen molar-refractivity contribution in [3.8, 4) is 34.3 Å². The monoisotopic (exact) mass is 380 g/mol. The van der Waals surface area contributed by atoms with Gasteiger partial charge in [-0.25, -0.2) is 0 Å². The van der Waals surface area contributed by atoms with Gasteiger partial charge in [0.2, 0.25) is 11.2 Å². The second-order valence-electron chi connectivity index (χ2n) is 5.17. The molecule has 0 atom stereocenters. The number of benzene rings is 2. The van der Waals surface area contributed by atoms with Crippen LogP contribution >= 0.6 is 0 Å². The SMILES string of the molecule is COc1ccc(-c2oc3cc(O)cc(O)c3c(=O)c2OS(=O)(=O)O)cc1. The molecule has 10 heteroatoms. The Morgan fingerprint density at radius 3 is 2.31 bits per heavy atom. The minimum atomic E-state index is -5.05. The molecule has 1 aromatic heterocycles. The molecule has 26 heavy (non-hydrogen) atoms. The summed E-state index contributed by atoms with van der Waals surface area (Å²) < 4.78 is 46.1. The summed E-state index contributed by atoms with van der Waals surface area (Å²) in [4.78, 5) is 12.6. The highest BCUT2D eigenvalue weighted by molar-refractivity contribution is 7.81. The topological polar surface area (TPSA) is 144 Å². The maximum Gasteiger partial charge on any atom is 0.446 e. The Labute approximate surface area is 146 Å². The van der Waals surface area contributed by atoms with Crippen LogP contribution in [0.25, 0.3) is 22.3 Å². The fourth-order valence-electron chi connectivity index (χ4n) is 2.38. The average molecular weight is 380 g/mol. The zero-order valence-corrected chi connectivity index (χ0v) is 14.0. The van der Waals surface area contributed by atoms with Crippen LogP contribution in [0.1, 0.15) is 0 Å². The van der Waals surface area contributed by atoms with Crippen LogP contribution in [0.5, 0.6) is 23.0 Å². The number of phenols is 2. The number of hydrogen-bond acceptors (Lipinski definition) is 8. The van der Waals surface area contributed by atoms with Crippen LogP contribution in [0.15, 0.2) is 45.6 Å². The third kappa shape index (κ3) is 3.27. The molecule has 2 aromatic carbocycles. The zero-order valence-electron chi connectivity index (χ0n) is 13.2. The Balaban J connectivity index is 2.38. The first kappa shape index (κ1) is 17.6. The van der Waals surface area contributed by atoms with E-state index in [2.05, 4.69) is 4.18 Å². The van der Waals surface area contributed by atoms with Gasteiger partial charge in [-0.05, 0) is 24.3 Å². The van der Waals surface area contributed by atoms with E-state index in [1.807, 2.05) is 0 Å². The molecule has 0 saturated carbocycles. The van der Waals surface area contributed by atoms with Gasteiger partial charge in [0.15, 0.2) is 5.76 Å². The molecule has 0 aliphatic carbocycles. The highest BCUT2D eigenvalue weighted by Crippen LogP contribution is 2.36. The normalized spacial score (nSPS) is 11.5. The second-order valence-corrected chi connectivity index (χ2v) is 6.19. The van der Waals surface area contributed by atoms with Gasteiger partial charge >= 0.3 is 10.4 Å². The van der Waals surface area contributed by atoms with E-state index in [9.17, 15) is 23.4 Å². The molecular weight excluding hydrogens is 368 g/mol. The van der Waals surface area contributed by atoms with E-state index in [-0.39, 0.29) is 22.7 Å². The van der Waals surface area contributed by atoms with Gasteiger partial charge in [0.25, 0.3) is 0 Å². The van der Waals surface area contributed by atoms with Gasteiger partial charge in [-0.1, -0.05) is 0 Å². The van der Waals surface area contributed by atoms with E-state index >= 15 is 0 Å². The van der Waals surface area contributed by atoms with E-state index in [0.29, 0.717) is 5.75 Å². The number of aromatic hydroxyl groups is 2. The number of hydrogen-bond donors (Lipinski definition) is 3. The molecule has 1 heterocycles. The quantitative estimate of drug-likeness (QED) is 0.579. The van der Waals surface area contributed by atoms with Crippen LogP contribution in [0.3, 0.4) is 0 Å². The molecule has 0 aliphatic rings.